The molecule has 4 bridgehead atoms. The van der Waals surface area contributed by atoms with Gasteiger partial charge in [-0.05, 0) is 74.5 Å². The Morgan fingerprint density at radius 2 is 1.55 bits per heavy atom. The Balaban J connectivity index is 1.13. The predicted octanol–water partition coefficient (Wildman–Crippen LogP) is 3.33. The Kier molecular flexibility index (Phi) is 3.81. The van der Waals surface area contributed by atoms with Crippen LogP contribution in [0.1, 0.15) is 48.9 Å². The predicted molar refractivity (Wildman–Crippen MR) is 107 cm³/mol. The van der Waals surface area contributed by atoms with Crippen molar-refractivity contribution in [3.05, 3.63) is 30.2 Å². The van der Waals surface area contributed by atoms with Crippen molar-refractivity contribution in [2.75, 3.05) is 26.2 Å². The highest BCUT2D eigenvalue weighted by molar-refractivity contribution is 5.97. The number of fused-ring (bicyclic) bond motifs is 1. The standard InChI is InChI=1S/C23H27N3O3/c27-21(18-1-2-20-19(10-18)24-14-29-20)25-3-5-26(6-4-25)22(28)23-11-15-7-16(12-23)9-17(8-15)13-23/h1-2,10,14-17H,3-9,11-13H2. The first-order valence-electron chi connectivity index (χ1n) is 11.0. The molecule has 6 nitrogen and oxygen atoms in total. The van der Waals surface area contributed by atoms with Crippen LogP contribution in [0.2, 0.25) is 0 Å². The second-order valence-corrected chi connectivity index (χ2v) is 9.82. The summed E-state index contributed by atoms with van der Waals surface area (Å²) >= 11 is 0. The van der Waals surface area contributed by atoms with Crippen molar-refractivity contribution in [3.63, 3.8) is 0 Å². The van der Waals surface area contributed by atoms with E-state index < -0.39 is 0 Å². The van der Waals surface area contributed by atoms with Gasteiger partial charge in [-0.1, -0.05) is 0 Å². The Hall–Kier alpha value is -2.37. The van der Waals surface area contributed by atoms with E-state index in [9.17, 15) is 9.59 Å². The summed E-state index contributed by atoms with van der Waals surface area (Å²) in [6.07, 6.45) is 8.77. The second kappa shape index (κ2) is 6.31. The number of oxazole rings is 1. The van der Waals surface area contributed by atoms with E-state index in [1.54, 1.807) is 18.2 Å². The molecule has 1 saturated heterocycles. The lowest BCUT2D eigenvalue weighted by molar-refractivity contribution is -0.159. The summed E-state index contributed by atoms with van der Waals surface area (Å²) in [6, 6.07) is 5.37. The summed E-state index contributed by atoms with van der Waals surface area (Å²) in [5.41, 5.74) is 1.94. The van der Waals surface area contributed by atoms with E-state index in [2.05, 4.69) is 9.88 Å². The van der Waals surface area contributed by atoms with Gasteiger partial charge in [0.15, 0.2) is 12.0 Å². The molecule has 1 aromatic heterocycles. The highest BCUT2D eigenvalue weighted by Crippen LogP contribution is 2.60. The van der Waals surface area contributed by atoms with Gasteiger partial charge in [0.25, 0.3) is 5.91 Å². The van der Waals surface area contributed by atoms with E-state index in [4.69, 9.17) is 4.42 Å². The van der Waals surface area contributed by atoms with E-state index in [0.717, 1.165) is 37.0 Å². The monoisotopic (exact) mass is 393 g/mol. The Morgan fingerprint density at radius 1 is 0.931 bits per heavy atom. The molecule has 5 fully saturated rings. The molecule has 6 heteroatoms. The lowest BCUT2D eigenvalue weighted by Gasteiger charge is -2.57. The summed E-state index contributed by atoms with van der Waals surface area (Å²) in [7, 11) is 0. The molecular weight excluding hydrogens is 366 g/mol. The number of aromatic nitrogens is 1. The molecule has 4 saturated carbocycles. The van der Waals surface area contributed by atoms with Gasteiger partial charge in [0.1, 0.15) is 5.52 Å². The third-order valence-electron chi connectivity index (χ3n) is 7.92. The number of hydrogen-bond acceptors (Lipinski definition) is 4. The maximum atomic E-state index is 13.5. The van der Waals surface area contributed by atoms with Crippen molar-refractivity contribution in [2.45, 2.75) is 38.5 Å². The maximum Gasteiger partial charge on any atom is 0.254 e. The molecule has 7 rings (SSSR count). The molecule has 0 unspecified atom stereocenters. The lowest BCUT2D eigenvalue weighted by atomic mass is 9.49. The van der Waals surface area contributed by atoms with Crippen LogP contribution >= 0.6 is 0 Å². The number of rotatable bonds is 2. The van der Waals surface area contributed by atoms with Gasteiger partial charge in [-0.3, -0.25) is 9.59 Å². The van der Waals surface area contributed by atoms with Crippen LogP contribution in [-0.2, 0) is 4.79 Å². The summed E-state index contributed by atoms with van der Waals surface area (Å²) in [4.78, 5) is 34.5. The van der Waals surface area contributed by atoms with Gasteiger partial charge in [-0.2, -0.15) is 0 Å². The fourth-order valence-electron chi connectivity index (χ4n) is 6.99. The minimum Gasteiger partial charge on any atom is -0.443 e. The van der Waals surface area contributed by atoms with Crippen molar-refractivity contribution in [3.8, 4) is 0 Å². The first-order chi connectivity index (χ1) is 14.1. The zero-order chi connectivity index (χ0) is 19.6. The summed E-state index contributed by atoms with van der Waals surface area (Å²) in [5, 5.41) is 0. The number of amides is 2. The quantitative estimate of drug-likeness (QED) is 0.785. The zero-order valence-corrected chi connectivity index (χ0v) is 16.7. The van der Waals surface area contributed by atoms with Crippen molar-refractivity contribution in [1.82, 2.24) is 14.8 Å². The Labute approximate surface area is 170 Å². The van der Waals surface area contributed by atoms with Gasteiger partial charge in [0, 0.05) is 31.7 Å². The molecule has 1 aliphatic heterocycles. The number of benzene rings is 1. The molecular formula is C23H27N3O3. The largest absolute Gasteiger partial charge is 0.443 e. The number of hydrogen-bond donors (Lipinski definition) is 0. The van der Waals surface area contributed by atoms with Crippen LogP contribution in [0.4, 0.5) is 0 Å². The molecule has 0 radical (unpaired) electrons. The first-order valence-corrected chi connectivity index (χ1v) is 11.0. The summed E-state index contributed by atoms with van der Waals surface area (Å²) < 4.78 is 5.26. The third kappa shape index (κ3) is 2.79. The SMILES string of the molecule is O=C(c1ccc2ocnc2c1)N1CCN(C(=O)C23CC4CC(CC(C4)C2)C3)CC1. The molecule has 29 heavy (non-hydrogen) atoms. The van der Waals surface area contributed by atoms with Crippen molar-refractivity contribution >= 4 is 22.9 Å². The summed E-state index contributed by atoms with van der Waals surface area (Å²) in [5.74, 6) is 2.73. The van der Waals surface area contributed by atoms with Crippen LogP contribution in [0.25, 0.3) is 11.1 Å². The van der Waals surface area contributed by atoms with Crippen LogP contribution in [-0.4, -0.2) is 52.8 Å². The van der Waals surface area contributed by atoms with Crippen molar-refractivity contribution < 1.29 is 14.0 Å². The molecule has 0 spiro atoms. The number of carbonyl (C=O) groups is 2. The number of carbonyl (C=O) groups excluding carboxylic acids is 2. The van der Waals surface area contributed by atoms with E-state index in [1.807, 2.05) is 4.90 Å². The third-order valence-corrected chi connectivity index (χ3v) is 7.92. The molecule has 5 aliphatic rings. The average Bonchev–Trinajstić information content (AvgIpc) is 3.20. The van der Waals surface area contributed by atoms with Gasteiger partial charge in [0.05, 0.1) is 5.41 Å². The molecule has 152 valence electrons. The number of piperazine rings is 1. The molecule has 4 aliphatic carbocycles. The Bertz CT molecular complexity index is 937. The van der Waals surface area contributed by atoms with Gasteiger partial charge in [-0.25, -0.2) is 4.98 Å². The fourth-order valence-corrected chi connectivity index (χ4v) is 6.99. The minimum atomic E-state index is -0.0844. The van der Waals surface area contributed by atoms with Gasteiger partial charge >= 0.3 is 0 Å². The van der Waals surface area contributed by atoms with Crippen LogP contribution in [0.3, 0.4) is 0 Å². The minimum absolute atomic E-state index is 0.0109. The zero-order valence-electron chi connectivity index (χ0n) is 16.7. The van der Waals surface area contributed by atoms with Crippen LogP contribution in [0.5, 0.6) is 0 Å². The van der Waals surface area contributed by atoms with Crippen LogP contribution < -0.4 is 0 Å². The topological polar surface area (TPSA) is 66.7 Å². The van der Waals surface area contributed by atoms with Crippen LogP contribution in [0.15, 0.2) is 29.0 Å². The molecule has 0 atom stereocenters. The van der Waals surface area contributed by atoms with Gasteiger partial charge < -0.3 is 14.2 Å². The molecule has 1 aromatic carbocycles. The first kappa shape index (κ1) is 17.5. The normalized spacial score (nSPS) is 33.4. The fraction of sp³-hybridized carbons (Fsp3) is 0.609. The van der Waals surface area contributed by atoms with Gasteiger partial charge in [0.2, 0.25) is 5.91 Å². The van der Waals surface area contributed by atoms with E-state index in [0.29, 0.717) is 48.7 Å². The molecule has 0 N–H and O–H groups in total. The van der Waals surface area contributed by atoms with E-state index in [1.165, 1.54) is 25.7 Å². The highest BCUT2D eigenvalue weighted by atomic mass is 16.3. The second-order valence-electron chi connectivity index (χ2n) is 9.82. The van der Waals surface area contributed by atoms with Crippen LogP contribution in [0, 0.1) is 23.2 Å². The lowest BCUT2D eigenvalue weighted by Crippen LogP contribution is -2.58. The maximum absolute atomic E-state index is 13.5. The van der Waals surface area contributed by atoms with Gasteiger partial charge in [-0.15, -0.1) is 0 Å². The molecule has 2 aromatic rings. The summed E-state index contributed by atoms with van der Waals surface area (Å²) in [6.45, 7) is 2.51. The Morgan fingerprint density at radius 3 is 2.21 bits per heavy atom. The van der Waals surface area contributed by atoms with Crippen molar-refractivity contribution in [1.29, 1.82) is 0 Å². The molecule has 2 heterocycles. The van der Waals surface area contributed by atoms with Crippen molar-refractivity contribution in [2.24, 2.45) is 23.2 Å². The highest BCUT2D eigenvalue weighted by Gasteiger charge is 2.55. The van der Waals surface area contributed by atoms with E-state index in [-0.39, 0.29) is 11.3 Å². The average molecular weight is 393 g/mol. The molecule has 2 amide bonds. The smallest absolute Gasteiger partial charge is 0.254 e. The number of nitrogens with zero attached hydrogens (tertiary/aromatic N) is 3. The van der Waals surface area contributed by atoms with E-state index >= 15 is 0 Å².